The lowest BCUT2D eigenvalue weighted by molar-refractivity contribution is 0.0706. The van der Waals surface area contributed by atoms with E-state index in [0.29, 0.717) is 49.2 Å². The minimum Gasteiger partial charge on any atom is -0.492 e. The standard InChI is InChI=1S/C17H21NO4/c1-10-4-14(21-8-11-2-3-11)16-15(5-10)22-9-12-6-13(19)7-18(12)17(16)20/h4-5,11-13,19H,2-3,6-9H2,1H3/t12-,13-/m1/s1. The Morgan fingerprint density at radius 2 is 2.23 bits per heavy atom. The van der Waals surface area contributed by atoms with E-state index in [-0.39, 0.29) is 11.9 Å². The van der Waals surface area contributed by atoms with Gasteiger partial charge in [-0.15, -0.1) is 0 Å². The van der Waals surface area contributed by atoms with Gasteiger partial charge < -0.3 is 19.5 Å². The minimum atomic E-state index is -0.458. The molecule has 2 heterocycles. The van der Waals surface area contributed by atoms with Gasteiger partial charge in [0.25, 0.3) is 5.91 Å². The molecule has 3 aliphatic rings. The maximum absolute atomic E-state index is 12.9. The molecule has 2 aliphatic heterocycles. The molecule has 5 heteroatoms. The average Bonchev–Trinajstić information content (AvgIpc) is 3.24. The van der Waals surface area contributed by atoms with E-state index < -0.39 is 6.10 Å². The highest BCUT2D eigenvalue weighted by Gasteiger charge is 2.40. The van der Waals surface area contributed by atoms with Crippen molar-refractivity contribution in [2.75, 3.05) is 19.8 Å². The minimum absolute atomic E-state index is 0.0495. The molecule has 0 spiro atoms. The molecule has 1 amide bonds. The summed E-state index contributed by atoms with van der Waals surface area (Å²) in [6.07, 6.45) is 2.54. The zero-order valence-electron chi connectivity index (χ0n) is 12.7. The molecule has 2 fully saturated rings. The van der Waals surface area contributed by atoms with E-state index in [1.54, 1.807) is 4.90 Å². The fourth-order valence-electron chi connectivity index (χ4n) is 3.28. The molecule has 22 heavy (non-hydrogen) atoms. The number of aliphatic hydroxyl groups excluding tert-OH is 1. The van der Waals surface area contributed by atoms with Crippen LogP contribution in [0.15, 0.2) is 12.1 Å². The first-order chi connectivity index (χ1) is 10.6. The molecule has 0 bridgehead atoms. The van der Waals surface area contributed by atoms with Gasteiger partial charge in [-0.05, 0) is 49.8 Å². The van der Waals surface area contributed by atoms with Crippen molar-refractivity contribution < 1.29 is 19.4 Å². The number of ether oxygens (including phenoxy) is 2. The molecule has 4 rings (SSSR count). The second kappa shape index (κ2) is 5.16. The van der Waals surface area contributed by atoms with Crippen molar-refractivity contribution in [1.29, 1.82) is 0 Å². The third-order valence-corrected chi connectivity index (χ3v) is 4.68. The third kappa shape index (κ3) is 2.43. The highest BCUT2D eigenvalue weighted by Crippen LogP contribution is 2.38. The first-order valence-electron chi connectivity index (χ1n) is 8.01. The van der Waals surface area contributed by atoms with Crippen LogP contribution in [0.5, 0.6) is 11.5 Å². The molecule has 1 aliphatic carbocycles. The molecule has 1 saturated carbocycles. The molecular weight excluding hydrogens is 282 g/mol. The molecule has 1 N–H and O–H groups in total. The number of aryl methyl sites for hydroxylation is 1. The number of aliphatic hydroxyl groups is 1. The van der Waals surface area contributed by atoms with E-state index in [0.717, 1.165) is 5.56 Å². The SMILES string of the molecule is Cc1cc(OCC2CC2)c2c(c1)OC[C@H]1C[C@@H](O)CN1C2=O. The van der Waals surface area contributed by atoms with Gasteiger partial charge in [0.2, 0.25) is 0 Å². The molecular formula is C17H21NO4. The Hall–Kier alpha value is -1.75. The number of hydrogen-bond donors (Lipinski definition) is 1. The summed E-state index contributed by atoms with van der Waals surface area (Å²) in [6.45, 7) is 3.45. The Bertz CT molecular complexity index is 611. The molecule has 0 radical (unpaired) electrons. The summed E-state index contributed by atoms with van der Waals surface area (Å²) in [4.78, 5) is 14.6. The highest BCUT2D eigenvalue weighted by atomic mass is 16.5. The van der Waals surface area contributed by atoms with Crippen LogP contribution < -0.4 is 9.47 Å². The summed E-state index contributed by atoms with van der Waals surface area (Å²) < 4.78 is 11.8. The lowest BCUT2D eigenvalue weighted by Gasteiger charge is -2.21. The second-order valence-electron chi connectivity index (χ2n) is 6.70. The maximum atomic E-state index is 12.9. The van der Waals surface area contributed by atoms with Crippen molar-refractivity contribution in [2.45, 2.75) is 38.3 Å². The van der Waals surface area contributed by atoms with Crippen molar-refractivity contribution in [3.63, 3.8) is 0 Å². The summed E-state index contributed by atoms with van der Waals surface area (Å²) in [7, 11) is 0. The highest BCUT2D eigenvalue weighted by molar-refractivity contribution is 6.00. The number of benzene rings is 1. The second-order valence-corrected chi connectivity index (χ2v) is 6.70. The van der Waals surface area contributed by atoms with Gasteiger partial charge in [0.05, 0.1) is 18.8 Å². The van der Waals surface area contributed by atoms with Crippen molar-refractivity contribution in [1.82, 2.24) is 4.90 Å². The maximum Gasteiger partial charge on any atom is 0.261 e. The van der Waals surface area contributed by atoms with Crippen LogP contribution in [0.1, 0.15) is 35.2 Å². The molecule has 1 saturated heterocycles. The third-order valence-electron chi connectivity index (χ3n) is 4.68. The Labute approximate surface area is 129 Å². The number of fused-ring (bicyclic) bond motifs is 2. The lowest BCUT2D eigenvalue weighted by Crippen LogP contribution is -2.37. The normalized spacial score (nSPS) is 27.0. The Kier molecular flexibility index (Phi) is 3.26. The number of carbonyl (C=O) groups excluding carboxylic acids is 1. The fraction of sp³-hybridized carbons (Fsp3) is 0.588. The quantitative estimate of drug-likeness (QED) is 0.924. The number of hydrogen-bond acceptors (Lipinski definition) is 4. The van der Waals surface area contributed by atoms with Crippen molar-refractivity contribution in [2.24, 2.45) is 5.92 Å². The van der Waals surface area contributed by atoms with Gasteiger partial charge in [-0.2, -0.15) is 0 Å². The van der Waals surface area contributed by atoms with Gasteiger partial charge in [-0.1, -0.05) is 0 Å². The smallest absolute Gasteiger partial charge is 0.261 e. The van der Waals surface area contributed by atoms with Crippen LogP contribution >= 0.6 is 0 Å². The van der Waals surface area contributed by atoms with E-state index in [1.807, 2.05) is 19.1 Å². The zero-order valence-corrected chi connectivity index (χ0v) is 12.7. The lowest BCUT2D eigenvalue weighted by atomic mass is 10.1. The molecule has 1 aromatic carbocycles. The number of nitrogens with zero attached hydrogens (tertiary/aromatic N) is 1. The monoisotopic (exact) mass is 303 g/mol. The largest absolute Gasteiger partial charge is 0.492 e. The van der Waals surface area contributed by atoms with Gasteiger partial charge in [0, 0.05) is 6.54 Å². The first kappa shape index (κ1) is 13.9. The molecule has 1 aromatic rings. The van der Waals surface area contributed by atoms with Crippen LogP contribution in [-0.2, 0) is 0 Å². The van der Waals surface area contributed by atoms with Gasteiger partial charge >= 0.3 is 0 Å². The van der Waals surface area contributed by atoms with Gasteiger partial charge in [0.15, 0.2) is 0 Å². The van der Waals surface area contributed by atoms with Gasteiger partial charge in [-0.3, -0.25) is 4.79 Å². The van der Waals surface area contributed by atoms with E-state index in [4.69, 9.17) is 9.47 Å². The van der Waals surface area contributed by atoms with Crippen molar-refractivity contribution in [3.8, 4) is 11.5 Å². The van der Waals surface area contributed by atoms with Crippen molar-refractivity contribution >= 4 is 5.91 Å². The van der Waals surface area contributed by atoms with E-state index in [9.17, 15) is 9.90 Å². The van der Waals surface area contributed by atoms with Crippen LogP contribution in [0.4, 0.5) is 0 Å². The van der Waals surface area contributed by atoms with Crippen LogP contribution in [0.2, 0.25) is 0 Å². The number of amides is 1. The van der Waals surface area contributed by atoms with E-state index in [1.165, 1.54) is 12.8 Å². The van der Waals surface area contributed by atoms with Gasteiger partial charge in [0.1, 0.15) is 23.7 Å². The first-order valence-corrected chi connectivity index (χ1v) is 8.01. The zero-order chi connectivity index (χ0) is 15.3. The van der Waals surface area contributed by atoms with E-state index >= 15 is 0 Å². The molecule has 0 unspecified atom stereocenters. The van der Waals surface area contributed by atoms with Crippen molar-refractivity contribution in [3.05, 3.63) is 23.3 Å². The van der Waals surface area contributed by atoms with Crippen LogP contribution in [0.25, 0.3) is 0 Å². The Morgan fingerprint density at radius 1 is 1.41 bits per heavy atom. The molecule has 0 aromatic heterocycles. The Morgan fingerprint density at radius 3 is 3.00 bits per heavy atom. The molecule has 5 nitrogen and oxygen atoms in total. The van der Waals surface area contributed by atoms with Crippen LogP contribution in [0.3, 0.4) is 0 Å². The summed E-state index contributed by atoms with van der Waals surface area (Å²) in [6, 6.07) is 3.76. The predicted octanol–water partition coefficient (Wildman–Crippen LogP) is 1.75. The van der Waals surface area contributed by atoms with Crippen LogP contribution in [-0.4, -0.2) is 47.8 Å². The fourth-order valence-corrected chi connectivity index (χ4v) is 3.28. The summed E-state index contributed by atoms with van der Waals surface area (Å²) >= 11 is 0. The number of carbonyl (C=O) groups is 1. The summed E-state index contributed by atoms with van der Waals surface area (Å²) in [5.74, 6) is 1.77. The molecule has 2 atom stereocenters. The predicted molar refractivity (Wildman–Crippen MR) is 80.3 cm³/mol. The average molecular weight is 303 g/mol. The summed E-state index contributed by atoms with van der Waals surface area (Å²) in [5.41, 5.74) is 1.54. The van der Waals surface area contributed by atoms with Gasteiger partial charge in [-0.25, -0.2) is 0 Å². The topological polar surface area (TPSA) is 59.0 Å². The summed E-state index contributed by atoms with van der Waals surface area (Å²) in [5, 5.41) is 9.83. The molecule has 118 valence electrons. The number of rotatable bonds is 3. The van der Waals surface area contributed by atoms with E-state index in [2.05, 4.69) is 0 Å². The van der Waals surface area contributed by atoms with Crippen LogP contribution in [0, 0.1) is 12.8 Å². The Balaban J connectivity index is 1.69.